The fraction of sp³-hybridized carbons (Fsp3) is 0. The van der Waals surface area contributed by atoms with E-state index in [1.165, 1.54) is 0 Å². The van der Waals surface area contributed by atoms with Crippen molar-refractivity contribution in [2.24, 2.45) is 0 Å². The molecule has 0 aliphatic carbocycles. The van der Waals surface area contributed by atoms with E-state index in [-0.39, 0.29) is 0 Å². The van der Waals surface area contributed by atoms with Crippen molar-refractivity contribution in [3.05, 3.63) is 78.5 Å². The van der Waals surface area contributed by atoms with Crippen LogP contribution in [0.1, 0.15) is 10.5 Å². The molecule has 23 heavy (non-hydrogen) atoms. The number of hydrogen-bond acceptors (Lipinski definition) is 3. The van der Waals surface area contributed by atoms with Crippen LogP contribution in [0.2, 0.25) is 0 Å². The lowest BCUT2D eigenvalue weighted by molar-refractivity contribution is 0.111. The molecule has 0 spiro atoms. The molecule has 0 fully saturated rings. The molecule has 0 N–H and O–H groups in total. The molecule has 4 heteroatoms. The van der Waals surface area contributed by atoms with E-state index in [1.54, 1.807) is 10.6 Å². The SMILES string of the molecule is O=Cc1cc2nc(-c3ccccc3)cc(-c3ccccc3)n2n1. The van der Waals surface area contributed by atoms with E-state index in [4.69, 9.17) is 0 Å². The summed E-state index contributed by atoms with van der Waals surface area (Å²) in [6, 6.07) is 23.6. The van der Waals surface area contributed by atoms with Gasteiger partial charge in [-0.15, -0.1) is 0 Å². The summed E-state index contributed by atoms with van der Waals surface area (Å²) in [5, 5.41) is 4.33. The van der Waals surface area contributed by atoms with Crippen molar-refractivity contribution in [2.75, 3.05) is 0 Å². The van der Waals surface area contributed by atoms with E-state index >= 15 is 0 Å². The number of rotatable bonds is 3. The highest BCUT2D eigenvalue weighted by atomic mass is 16.1. The van der Waals surface area contributed by atoms with Crippen LogP contribution in [-0.4, -0.2) is 20.9 Å². The quantitative estimate of drug-likeness (QED) is 0.539. The first-order valence-corrected chi connectivity index (χ1v) is 7.32. The van der Waals surface area contributed by atoms with Gasteiger partial charge in [-0.3, -0.25) is 4.79 Å². The minimum absolute atomic E-state index is 0.375. The molecule has 4 nitrogen and oxygen atoms in total. The first-order chi connectivity index (χ1) is 11.3. The maximum atomic E-state index is 11.1. The number of carbonyl (C=O) groups excluding carboxylic acids is 1. The van der Waals surface area contributed by atoms with Crippen molar-refractivity contribution in [3.63, 3.8) is 0 Å². The number of benzene rings is 2. The lowest BCUT2D eigenvalue weighted by Gasteiger charge is -2.08. The summed E-state index contributed by atoms with van der Waals surface area (Å²) in [5.41, 5.74) is 4.85. The van der Waals surface area contributed by atoms with Crippen LogP contribution >= 0.6 is 0 Å². The molecule has 110 valence electrons. The van der Waals surface area contributed by atoms with Crippen molar-refractivity contribution in [1.82, 2.24) is 14.6 Å². The van der Waals surface area contributed by atoms with Gasteiger partial charge in [-0.25, -0.2) is 9.50 Å². The Morgan fingerprint density at radius 2 is 1.48 bits per heavy atom. The van der Waals surface area contributed by atoms with Crippen LogP contribution in [0.15, 0.2) is 72.8 Å². The smallest absolute Gasteiger partial charge is 0.170 e. The maximum Gasteiger partial charge on any atom is 0.170 e. The standard InChI is InChI=1S/C19H13N3O/c23-13-16-11-19-20-17(14-7-3-1-4-8-14)12-18(22(19)21-16)15-9-5-2-6-10-15/h1-13H. The van der Waals surface area contributed by atoms with Gasteiger partial charge in [0, 0.05) is 17.2 Å². The third-order valence-electron chi connectivity index (χ3n) is 3.71. The van der Waals surface area contributed by atoms with Gasteiger partial charge < -0.3 is 0 Å². The summed E-state index contributed by atoms with van der Waals surface area (Å²) < 4.78 is 1.71. The second kappa shape index (κ2) is 5.50. The Kier molecular flexibility index (Phi) is 3.20. The van der Waals surface area contributed by atoms with Crippen LogP contribution in [0.3, 0.4) is 0 Å². The van der Waals surface area contributed by atoms with Crippen LogP contribution in [0.25, 0.3) is 28.2 Å². The van der Waals surface area contributed by atoms with Crippen molar-refractivity contribution in [2.45, 2.75) is 0 Å². The van der Waals surface area contributed by atoms with Crippen LogP contribution in [0.5, 0.6) is 0 Å². The van der Waals surface area contributed by atoms with E-state index in [9.17, 15) is 4.79 Å². The second-order valence-electron chi connectivity index (χ2n) is 5.22. The molecule has 0 radical (unpaired) electrons. The fourth-order valence-electron chi connectivity index (χ4n) is 2.62. The summed E-state index contributed by atoms with van der Waals surface area (Å²) in [6.45, 7) is 0. The molecule has 0 unspecified atom stereocenters. The second-order valence-corrected chi connectivity index (χ2v) is 5.22. The zero-order valence-electron chi connectivity index (χ0n) is 12.3. The predicted octanol–water partition coefficient (Wildman–Crippen LogP) is 3.88. The molecule has 0 aliphatic heterocycles. The maximum absolute atomic E-state index is 11.1. The van der Waals surface area contributed by atoms with Crippen molar-refractivity contribution < 1.29 is 4.79 Å². The molecular formula is C19H13N3O. The van der Waals surface area contributed by atoms with Crippen LogP contribution in [0.4, 0.5) is 0 Å². The molecule has 0 atom stereocenters. The summed E-state index contributed by atoms with van der Waals surface area (Å²) in [5.74, 6) is 0. The summed E-state index contributed by atoms with van der Waals surface area (Å²) in [4.78, 5) is 15.7. The van der Waals surface area contributed by atoms with E-state index in [0.717, 1.165) is 28.8 Å². The predicted molar refractivity (Wildman–Crippen MR) is 89.2 cm³/mol. The molecule has 0 saturated carbocycles. The van der Waals surface area contributed by atoms with Crippen LogP contribution in [-0.2, 0) is 0 Å². The number of carbonyl (C=O) groups is 1. The van der Waals surface area contributed by atoms with Gasteiger partial charge >= 0.3 is 0 Å². The van der Waals surface area contributed by atoms with Crippen LogP contribution in [0, 0.1) is 0 Å². The monoisotopic (exact) mass is 299 g/mol. The highest BCUT2D eigenvalue weighted by Gasteiger charge is 2.12. The van der Waals surface area contributed by atoms with Crippen LogP contribution < -0.4 is 0 Å². The topological polar surface area (TPSA) is 47.3 Å². The first-order valence-electron chi connectivity index (χ1n) is 7.32. The van der Waals surface area contributed by atoms with Gasteiger partial charge in [-0.2, -0.15) is 5.10 Å². The average molecular weight is 299 g/mol. The van der Waals surface area contributed by atoms with Gasteiger partial charge in [0.05, 0.1) is 11.4 Å². The van der Waals surface area contributed by atoms with Gasteiger partial charge in [0.2, 0.25) is 0 Å². The molecule has 2 heterocycles. The number of nitrogens with zero attached hydrogens (tertiary/aromatic N) is 3. The molecule has 2 aromatic carbocycles. The third kappa shape index (κ3) is 2.40. The molecule has 0 amide bonds. The average Bonchev–Trinajstić information content (AvgIpc) is 3.05. The lowest BCUT2D eigenvalue weighted by Crippen LogP contribution is -1.98. The molecule has 0 bridgehead atoms. The van der Waals surface area contributed by atoms with E-state index in [2.05, 4.69) is 10.1 Å². The van der Waals surface area contributed by atoms with E-state index in [0.29, 0.717) is 11.3 Å². The fourth-order valence-corrected chi connectivity index (χ4v) is 2.62. The number of fused-ring (bicyclic) bond motifs is 1. The Hall–Kier alpha value is -3.27. The van der Waals surface area contributed by atoms with E-state index < -0.39 is 0 Å². The van der Waals surface area contributed by atoms with Gasteiger partial charge in [0.15, 0.2) is 11.9 Å². The van der Waals surface area contributed by atoms with Crippen molar-refractivity contribution in [1.29, 1.82) is 0 Å². The molecule has 0 aliphatic rings. The normalized spacial score (nSPS) is 10.8. The zero-order chi connectivity index (χ0) is 15.6. The number of aldehydes is 1. The lowest BCUT2D eigenvalue weighted by atomic mass is 10.1. The highest BCUT2D eigenvalue weighted by molar-refractivity contribution is 5.77. The number of aromatic nitrogens is 3. The Bertz CT molecular complexity index is 976. The van der Waals surface area contributed by atoms with E-state index in [1.807, 2.05) is 66.7 Å². The van der Waals surface area contributed by atoms with Gasteiger partial charge in [-0.05, 0) is 6.07 Å². The summed E-state index contributed by atoms with van der Waals surface area (Å²) >= 11 is 0. The van der Waals surface area contributed by atoms with Crippen molar-refractivity contribution in [3.8, 4) is 22.5 Å². The van der Waals surface area contributed by atoms with Crippen molar-refractivity contribution >= 4 is 11.9 Å². The zero-order valence-corrected chi connectivity index (χ0v) is 12.3. The summed E-state index contributed by atoms with van der Waals surface area (Å²) in [7, 11) is 0. The summed E-state index contributed by atoms with van der Waals surface area (Å²) in [6.07, 6.45) is 0.742. The minimum Gasteiger partial charge on any atom is -0.296 e. The number of hydrogen-bond donors (Lipinski definition) is 0. The largest absolute Gasteiger partial charge is 0.296 e. The Morgan fingerprint density at radius 3 is 2.13 bits per heavy atom. The Morgan fingerprint density at radius 1 is 0.826 bits per heavy atom. The molecule has 0 saturated heterocycles. The Labute approximate surface area is 133 Å². The van der Waals surface area contributed by atoms with Gasteiger partial charge in [-0.1, -0.05) is 60.7 Å². The molecular weight excluding hydrogens is 286 g/mol. The first kappa shape index (κ1) is 13.4. The molecule has 4 aromatic rings. The van der Waals surface area contributed by atoms with Gasteiger partial charge in [0.1, 0.15) is 5.69 Å². The highest BCUT2D eigenvalue weighted by Crippen LogP contribution is 2.26. The molecule has 4 rings (SSSR count). The minimum atomic E-state index is 0.375. The third-order valence-corrected chi connectivity index (χ3v) is 3.71. The Balaban J connectivity index is 2.02. The molecule has 2 aromatic heterocycles. The van der Waals surface area contributed by atoms with Gasteiger partial charge in [0.25, 0.3) is 0 Å².